The molecule has 3 heterocycles. The predicted octanol–water partition coefficient (Wildman–Crippen LogP) is 7.12. The van der Waals surface area contributed by atoms with E-state index in [2.05, 4.69) is 15.2 Å². The van der Waals surface area contributed by atoms with Crippen LogP contribution in [-0.4, -0.2) is 68.2 Å². The molecule has 232 valence electrons. The second-order valence-electron chi connectivity index (χ2n) is 12.9. The fourth-order valence-corrected chi connectivity index (χ4v) is 4.87. The Balaban J connectivity index is 1.30. The van der Waals surface area contributed by atoms with Crippen LogP contribution in [0.5, 0.6) is 5.75 Å². The number of nitrogens with zero attached hydrogens (tertiary/aromatic N) is 5. The molecule has 44 heavy (non-hydrogen) atoms. The first-order chi connectivity index (χ1) is 20.8. The standard InChI is InChI=1S/C33H40N6O5/c1-32(2,3)43-30(40)38-16-13-22(14-17-38)21-42-26-9-7-8-23(19-26)29-34-15-12-28(36-29)39(31(41)44-33(4,5)6)25-10-11-27-24(18-25)20-35-37-27/h7-12,15,18-20,22H,13-14,16-17,21H2,1-6H3,(H,35,37). The third-order valence-corrected chi connectivity index (χ3v) is 6.97. The van der Waals surface area contributed by atoms with Crippen molar-refractivity contribution in [2.75, 3.05) is 24.6 Å². The van der Waals surface area contributed by atoms with Gasteiger partial charge in [-0.15, -0.1) is 0 Å². The summed E-state index contributed by atoms with van der Waals surface area (Å²) in [5, 5.41) is 7.87. The molecule has 0 aliphatic carbocycles. The number of likely N-dealkylation sites (tertiary alicyclic amines) is 1. The molecular weight excluding hydrogens is 560 g/mol. The first-order valence-electron chi connectivity index (χ1n) is 14.9. The van der Waals surface area contributed by atoms with Gasteiger partial charge in [0.05, 0.1) is 24.0 Å². The summed E-state index contributed by atoms with van der Waals surface area (Å²) in [6, 6.07) is 14.8. The summed E-state index contributed by atoms with van der Waals surface area (Å²) < 4.78 is 17.4. The van der Waals surface area contributed by atoms with E-state index >= 15 is 0 Å². The number of aromatic nitrogens is 4. The number of H-pyrrole nitrogens is 1. The van der Waals surface area contributed by atoms with E-state index in [1.54, 1.807) is 23.4 Å². The number of anilines is 2. The smallest absolute Gasteiger partial charge is 0.420 e. The molecule has 1 fully saturated rings. The van der Waals surface area contributed by atoms with E-state index in [-0.39, 0.29) is 6.09 Å². The molecule has 0 unspecified atom stereocenters. The Morgan fingerprint density at radius 3 is 2.45 bits per heavy atom. The quantitative estimate of drug-likeness (QED) is 0.248. The van der Waals surface area contributed by atoms with E-state index in [0.717, 1.165) is 29.3 Å². The molecule has 0 atom stereocenters. The van der Waals surface area contributed by atoms with Crippen LogP contribution >= 0.6 is 0 Å². The van der Waals surface area contributed by atoms with Crippen LogP contribution in [-0.2, 0) is 9.47 Å². The zero-order valence-electron chi connectivity index (χ0n) is 26.2. The van der Waals surface area contributed by atoms with E-state index in [1.165, 1.54) is 4.90 Å². The lowest BCUT2D eigenvalue weighted by Crippen LogP contribution is -2.42. The average Bonchev–Trinajstić information content (AvgIpc) is 3.43. The fraction of sp³-hybridized carbons (Fsp3) is 0.424. The summed E-state index contributed by atoms with van der Waals surface area (Å²) >= 11 is 0. The maximum Gasteiger partial charge on any atom is 0.420 e. The molecule has 1 aliphatic heterocycles. The van der Waals surface area contributed by atoms with Crippen LogP contribution in [0.15, 0.2) is 60.9 Å². The van der Waals surface area contributed by atoms with Gasteiger partial charge in [0.25, 0.3) is 0 Å². The van der Waals surface area contributed by atoms with Crippen LogP contribution in [0.3, 0.4) is 0 Å². The number of benzene rings is 2. The van der Waals surface area contributed by atoms with Gasteiger partial charge in [0.1, 0.15) is 22.8 Å². The zero-order chi connectivity index (χ0) is 31.5. The Hall–Kier alpha value is -4.67. The lowest BCUT2D eigenvalue weighted by atomic mass is 9.98. The van der Waals surface area contributed by atoms with E-state index < -0.39 is 17.3 Å². The zero-order valence-corrected chi connectivity index (χ0v) is 26.2. The number of nitrogens with one attached hydrogen (secondary N) is 1. The van der Waals surface area contributed by atoms with Crippen molar-refractivity contribution in [3.8, 4) is 17.1 Å². The molecular formula is C33H40N6O5. The SMILES string of the molecule is CC(C)(C)OC(=O)N1CCC(COc2cccc(-c3nccc(N(C(=O)OC(C)(C)C)c4ccc5[nH]ncc5c4)n3)c2)CC1. The number of carbonyl (C=O) groups excluding carboxylic acids is 2. The van der Waals surface area contributed by atoms with Gasteiger partial charge in [-0.05, 0) is 96.7 Å². The second kappa shape index (κ2) is 12.5. The van der Waals surface area contributed by atoms with Crippen molar-refractivity contribution >= 4 is 34.6 Å². The van der Waals surface area contributed by atoms with Crippen molar-refractivity contribution in [1.29, 1.82) is 0 Å². The fourth-order valence-electron chi connectivity index (χ4n) is 4.87. The molecule has 2 aromatic heterocycles. The molecule has 11 heteroatoms. The third kappa shape index (κ3) is 7.83. The first-order valence-corrected chi connectivity index (χ1v) is 14.9. The Labute approximate surface area is 257 Å². The van der Waals surface area contributed by atoms with E-state index in [1.807, 2.05) is 84.0 Å². The van der Waals surface area contributed by atoms with Crippen molar-refractivity contribution in [3.63, 3.8) is 0 Å². The summed E-state index contributed by atoms with van der Waals surface area (Å²) in [4.78, 5) is 38.3. The van der Waals surface area contributed by atoms with Crippen molar-refractivity contribution in [3.05, 3.63) is 60.9 Å². The predicted molar refractivity (Wildman–Crippen MR) is 168 cm³/mol. The number of piperidine rings is 1. The molecule has 2 aromatic carbocycles. The Morgan fingerprint density at radius 2 is 1.73 bits per heavy atom. The second-order valence-corrected chi connectivity index (χ2v) is 12.9. The molecule has 1 saturated heterocycles. The van der Waals surface area contributed by atoms with Gasteiger partial charge in [-0.2, -0.15) is 5.10 Å². The van der Waals surface area contributed by atoms with Gasteiger partial charge < -0.3 is 19.1 Å². The Morgan fingerprint density at radius 1 is 0.977 bits per heavy atom. The number of aromatic amines is 1. The number of hydrogen-bond acceptors (Lipinski definition) is 8. The first kappa shape index (κ1) is 30.8. The van der Waals surface area contributed by atoms with Crippen LogP contribution in [0.4, 0.5) is 21.1 Å². The van der Waals surface area contributed by atoms with Gasteiger partial charge in [-0.3, -0.25) is 5.10 Å². The van der Waals surface area contributed by atoms with Gasteiger partial charge >= 0.3 is 12.2 Å². The highest BCUT2D eigenvalue weighted by Gasteiger charge is 2.28. The number of hydrogen-bond donors (Lipinski definition) is 1. The molecule has 2 amide bonds. The lowest BCUT2D eigenvalue weighted by Gasteiger charge is -2.33. The normalized spacial score (nSPS) is 14.4. The number of amides is 2. The molecule has 0 radical (unpaired) electrons. The van der Waals surface area contributed by atoms with Crippen LogP contribution < -0.4 is 9.64 Å². The topological polar surface area (TPSA) is 123 Å². The summed E-state index contributed by atoms with van der Waals surface area (Å²) in [6.07, 6.45) is 4.19. The third-order valence-electron chi connectivity index (χ3n) is 6.97. The number of rotatable bonds is 6. The van der Waals surface area contributed by atoms with Crippen molar-refractivity contribution in [2.45, 2.75) is 65.6 Å². The van der Waals surface area contributed by atoms with Gasteiger partial charge in [-0.25, -0.2) is 24.5 Å². The number of carbonyl (C=O) groups is 2. The summed E-state index contributed by atoms with van der Waals surface area (Å²) in [5.74, 6) is 1.83. The highest BCUT2D eigenvalue weighted by atomic mass is 16.6. The highest BCUT2D eigenvalue weighted by Crippen LogP contribution is 2.31. The van der Waals surface area contributed by atoms with Crippen molar-refractivity contribution < 1.29 is 23.8 Å². The van der Waals surface area contributed by atoms with Gasteiger partial charge in [0.15, 0.2) is 5.82 Å². The summed E-state index contributed by atoms with van der Waals surface area (Å²) in [7, 11) is 0. The Kier molecular flexibility index (Phi) is 8.75. The number of ether oxygens (including phenoxy) is 3. The van der Waals surface area contributed by atoms with Crippen molar-refractivity contribution in [1.82, 2.24) is 25.1 Å². The monoisotopic (exact) mass is 600 g/mol. The maximum absolute atomic E-state index is 13.5. The molecule has 0 spiro atoms. The number of fused-ring (bicyclic) bond motifs is 1. The Bertz CT molecular complexity index is 1610. The molecule has 1 aliphatic rings. The minimum Gasteiger partial charge on any atom is -0.493 e. The van der Waals surface area contributed by atoms with Gasteiger partial charge in [0, 0.05) is 30.2 Å². The molecule has 11 nitrogen and oxygen atoms in total. The minimum atomic E-state index is -0.705. The molecule has 5 rings (SSSR count). The molecule has 0 bridgehead atoms. The molecule has 0 saturated carbocycles. The van der Waals surface area contributed by atoms with Crippen LogP contribution in [0.2, 0.25) is 0 Å². The van der Waals surface area contributed by atoms with Crippen molar-refractivity contribution in [2.24, 2.45) is 5.92 Å². The van der Waals surface area contributed by atoms with E-state index in [0.29, 0.717) is 48.7 Å². The van der Waals surface area contributed by atoms with Crippen LogP contribution in [0.25, 0.3) is 22.3 Å². The molecule has 1 N–H and O–H groups in total. The largest absolute Gasteiger partial charge is 0.493 e. The van der Waals surface area contributed by atoms with Crippen LogP contribution in [0, 0.1) is 5.92 Å². The maximum atomic E-state index is 13.5. The van der Waals surface area contributed by atoms with Gasteiger partial charge in [0.2, 0.25) is 0 Å². The minimum absolute atomic E-state index is 0.265. The van der Waals surface area contributed by atoms with E-state index in [9.17, 15) is 9.59 Å². The van der Waals surface area contributed by atoms with E-state index in [4.69, 9.17) is 19.2 Å². The molecule has 4 aromatic rings. The lowest BCUT2D eigenvalue weighted by molar-refractivity contribution is 0.0164. The highest BCUT2D eigenvalue weighted by molar-refractivity contribution is 5.97. The van der Waals surface area contributed by atoms with Gasteiger partial charge in [-0.1, -0.05) is 12.1 Å². The summed E-state index contributed by atoms with van der Waals surface area (Å²) in [5.41, 5.74) is 0.981. The average molecular weight is 601 g/mol. The van der Waals surface area contributed by atoms with Crippen LogP contribution in [0.1, 0.15) is 54.4 Å². The summed E-state index contributed by atoms with van der Waals surface area (Å²) in [6.45, 7) is 12.9.